The summed E-state index contributed by atoms with van der Waals surface area (Å²) in [5.41, 5.74) is 8.22. The van der Waals surface area contributed by atoms with Crippen molar-refractivity contribution in [3.63, 3.8) is 0 Å². The molecular weight excluding hydrogens is 490 g/mol. The molecule has 0 amide bonds. The number of aliphatic hydroxyl groups is 1. The van der Waals surface area contributed by atoms with Gasteiger partial charge >= 0.3 is 5.97 Å². The van der Waals surface area contributed by atoms with Crippen LogP contribution in [0.25, 0.3) is 11.1 Å². The quantitative estimate of drug-likeness (QED) is 0.127. The summed E-state index contributed by atoms with van der Waals surface area (Å²) < 4.78 is 6.35. The average Bonchev–Trinajstić information content (AvgIpc) is 3.26. The number of hydrogen-bond acceptors (Lipinski definition) is 5. The van der Waals surface area contributed by atoms with Crippen molar-refractivity contribution in [3.05, 3.63) is 120 Å². The van der Waals surface area contributed by atoms with Crippen LogP contribution in [0.5, 0.6) is 0 Å². The van der Waals surface area contributed by atoms with Crippen molar-refractivity contribution in [3.8, 4) is 11.1 Å². The molecule has 1 fully saturated rings. The van der Waals surface area contributed by atoms with Crippen LogP contribution in [0, 0.1) is 5.92 Å². The van der Waals surface area contributed by atoms with Crippen molar-refractivity contribution >= 4 is 5.97 Å². The van der Waals surface area contributed by atoms with Gasteiger partial charge in [0, 0.05) is 25.0 Å². The number of carboxylic acid groups (broad SMARTS) is 1. The van der Waals surface area contributed by atoms with Gasteiger partial charge in [0.15, 0.2) is 0 Å². The van der Waals surface area contributed by atoms with Gasteiger partial charge in [0.25, 0.3) is 0 Å². The van der Waals surface area contributed by atoms with Crippen LogP contribution in [0.2, 0.25) is 0 Å². The van der Waals surface area contributed by atoms with Crippen LogP contribution in [0.1, 0.15) is 43.2 Å². The molecule has 3 aromatic rings. The van der Waals surface area contributed by atoms with Gasteiger partial charge in [0.2, 0.25) is 0 Å². The first-order valence-corrected chi connectivity index (χ1v) is 13.5. The van der Waals surface area contributed by atoms with E-state index in [1.54, 1.807) is 6.20 Å². The van der Waals surface area contributed by atoms with Crippen LogP contribution in [0.3, 0.4) is 0 Å². The number of aliphatic carboxylic acids is 1. The van der Waals surface area contributed by atoms with Crippen molar-refractivity contribution in [1.29, 1.82) is 0 Å². The smallest absolute Gasteiger partial charge is 0.303 e. The third kappa shape index (κ3) is 8.93. The molecule has 6 heteroatoms. The van der Waals surface area contributed by atoms with E-state index in [1.807, 2.05) is 54.6 Å². The van der Waals surface area contributed by atoms with Gasteiger partial charge in [-0.25, -0.2) is 0 Å². The topological polar surface area (TPSA) is 88.0 Å². The molecule has 1 aliphatic rings. The maximum Gasteiger partial charge on any atom is 0.303 e. The molecular formula is C33H37NO5. The Bertz CT molecular complexity index is 1210. The summed E-state index contributed by atoms with van der Waals surface area (Å²) in [6, 6.07) is 28.5. The van der Waals surface area contributed by atoms with Gasteiger partial charge in [-0.05, 0) is 47.1 Å². The Morgan fingerprint density at radius 2 is 1.54 bits per heavy atom. The van der Waals surface area contributed by atoms with Crippen LogP contribution in [-0.2, 0) is 27.6 Å². The van der Waals surface area contributed by atoms with E-state index in [-0.39, 0.29) is 18.4 Å². The third-order valence-corrected chi connectivity index (χ3v) is 6.95. The van der Waals surface area contributed by atoms with E-state index in [9.17, 15) is 9.90 Å². The monoisotopic (exact) mass is 527 g/mol. The molecule has 1 saturated carbocycles. The summed E-state index contributed by atoms with van der Waals surface area (Å²) in [4.78, 5) is 16.4. The molecule has 0 unspecified atom stereocenters. The van der Waals surface area contributed by atoms with E-state index in [1.165, 1.54) is 5.56 Å². The summed E-state index contributed by atoms with van der Waals surface area (Å²) in [6.07, 6.45) is 7.73. The molecule has 0 aromatic heterocycles. The van der Waals surface area contributed by atoms with E-state index < -0.39 is 12.1 Å². The fraction of sp³-hybridized carbons (Fsp3) is 0.303. The van der Waals surface area contributed by atoms with Gasteiger partial charge < -0.3 is 14.9 Å². The molecule has 0 heterocycles. The van der Waals surface area contributed by atoms with E-state index >= 15 is 0 Å². The highest BCUT2D eigenvalue weighted by Crippen LogP contribution is 2.37. The molecule has 39 heavy (non-hydrogen) atoms. The summed E-state index contributed by atoms with van der Waals surface area (Å²) in [6.45, 7) is 0.865. The van der Waals surface area contributed by atoms with Crippen LogP contribution in [0.4, 0.5) is 0 Å². The fourth-order valence-corrected chi connectivity index (χ4v) is 4.83. The summed E-state index contributed by atoms with van der Waals surface area (Å²) >= 11 is 0. The first-order chi connectivity index (χ1) is 19.1. The van der Waals surface area contributed by atoms with Crippen LogP contribution in [0.15, 0.2) is 109 Å². The number of allylic oxidation sites excluding steroid dienone is 2. The lowest BCUT2D eigenvalue weighted by Crippen LogP contribution is -2.20. The van der Waals surface area contributed by atoms with E-state index in [0.29, 0.717) is 38.9 Å². The van der Waals surface area contributed by atoms with Gasteiger partial charge in [-0.15, -0.1) is 0 Å². The molecule has 0 spiro atoms. The zero-order valence-electron chi connectivity index (χ0n) is 22.1. The fourth-order valence-electron chi connectivity index (χ4n) is 4.83. The molecule has 6 nitrogen and oxygen atoms in total. The Labute approximate surface area is 230 Å². The Kier molecular flexibility index (Phi) is 10.9. The highest BCUT2D eigenvalue weighted by Gasteiger charge is 2.38. The predicted molar refractivity (Wildman–Crippen MR) is 152 cm³/mol. The molecule has 3 N–H and O–H groups in total. The van der Waals surface area contributed by atoms with Crippen molar-refractivity contribution < 1.29 is 24.6 Å². The number of ether oxygens (including phenoxy) is 1. The molecule has 3 aromatic carbocycles. The number of aliphatic hydroxyl groups excluding tert-OH is 1. The van der Waals surface area contributed by atoms with Crippen molar-refractivity contribution in [1.82, 2.24) is 5.48 Å². The number of rotatable bonds is 14. The lowest BCUT2D eigenvalue weighted by Gasteiger charge is -2.20. The summed E-state index contributed by atoms with van der Waals surface area (Å²) in [5, 5.41) is 19.7. The molecule has 0 radical (unpaired) electrons. The molecule has 0 saturated heterocycles. The van der Waals surface area contributed by atoms with Gasteiger partial charge in [-0.2, -0.15) is 0 Å². The molecule has 0 bridgehead atoms. The number of nitrogens with one attached hydrogen (secondary N) is 1. The number of hydroxylamine groups is 1. The summed E-state index contributed by atoms with van der Waals surface area (Å²) in [7, 11) is 0. The SMILES string of the molecule is O=C(O)CCCC=CC[C@@H]1C(=CNOCc2ccccc2)[C@H](O)C[C@@H]1OCc1ccc(-c2ccccc2)cc1. The van der Waals surface area contributed by atoms with Crippen molar-refractivity contribution in [2.45, 2.75) is 57.5 Å². The highest BCUT2D eigenvalue weighted by molar-refractivity contribution is 5.66. The second-order valence-electron chi connectivity index (χ2n) is 9.80. The van der Waals surface area contributed by atoms with Gasteiger partial charge in [0.05, 0.1) is 25.4 Å². The minimum Gasteiger partial charge on any atom is -0.481 e. The second-order valence-corrected chi connectivity index (χ2v) is 9.80. The minimum absolute atomic E-state index is 0.0212. The standard InChI is InChI=1S/C33H37NO5/c35-31-21-32(38-23-26-17-19-28(20-18-26)27-13-7-4-8-14-27)29(15-9-1-2-10-16-33(36)37)30(31)22-34-39-24-25-11-5-3-6-12-25/h1,3-9,11-14,17-20,22,29,31-32,34-35H,2,10,15-16,21,23-24H2,(H,36,37)/t29-,31-,32+/m1/s1. The Morgan fingerprint density at radius 3 is 2.26 bits per heavy atom. The normalized spacial score (nSPS) is 20.0. The zero-order chi connectivity index (χ0) is 27.3. The molecule has 204 valence electrons. The lowest BCUT2D eigenvalue weighted by molar-refractivity contribution is -0.137. The summed E-state index contributed by atoms with van der Waals surface area (Å²) in [5.74, 6) is -0.800. The third-order valence-electron chi connectivity index (χ3n) is 6.95. The van der Waals surface area contributed by atoms with E-state index in [4.69, 9.17) is 14.7 Å². The van der Waals surface area contributed by atoms with Crippen LogP contribution >= 0.6 is 0 Å². The Morgan fingerprint density at radius 1 is 0.872 bits per heavy atom. The minimum atomic E-state index is -0.778. The number of carboxylic acids is 1. The first-order valence-electron chi connectivity index (χ1n) is 13.5. The largest absolute Gasteiger partial charge is 0.481 e. The number of hydrogen-bond donors (Lipinski definition) is 3. The average molecular weight is 528 g/mol. The maximum atomic E-state index is 10.9. The second kappa shape index (κ2) is 15.0. The van der Waals surface area contributed by atoms with E-state index in [2.05, 4.69) is 48.0 Å². The zero-order valence-corrected chi connectivity index (χ0v) is 22.1. The van der Waals surface area contributed by atoms with Gasteiger partial charge in [-0.3, -0.25) is 15.1 Å². The molecule has 3 atom stereocenters. The first kappa shape index (κ1) is 28.3. The van der Waals surface area contributed by atoms with E-state index in [0.717, 1.165) is 22.3 Å². The number of benzene rings is 3. The van der Waals surface area contributed by atoms with Crippen molar-refractivity contribution in [2.75, 3.05) is 0 Å². The predicted octanol–water partition coefficient (Wildman–Crippen LogP) is 6.43. The number of unbranched alkanes of at least 4 members (excludes halogenated alkanes) is 1. The molecule has 1 aliphatic carbocycles. The Hall–Kier alpha value is -3.71. The molecule has 4 rings (SSSR count). The molecule has 0 aliphatic heterocycles. The van der Waals surface area contributed by atoms with Crippen LogP contribution < -0.4 is 5.48 Å². The maximum absolute atomic E-state index is 10.9. The number of carbonyl (C=O) groups is 1. The lowest BCUT2D eigenvalue weighted by atomic mass is 9.96. The highest BCUT2D eigenvalue weighted by atomic mass is 16.6. The van der Waals surface area contributed by atoms with Gasteiger partial charge in [-0.1, -0.05) is 97.1 Å². The Balaban J connectivity index is 1.37. The van der Waals surface area contributed by atoms with Crippen molar-refractivity contribution in [2.24, 2.45) is 5.92 Å². The van der Waals surface area contributed by atoms with Gasteiger partial charge in [0.1, 0.15) is 0 Å². The van der Waals surface area contributed by atoms with Crippen LogP contribution in [-0.4, -0.2) is 28.4 Å².